The van der Waals surface area contributed by atoms with Crippen LogP contribution in [0, 0.1) is 0 Å². The minimum Gasteiger partial charge on any atom is -0.382 e. The van der Waals surface area contributed by atoms with Crippen molar-refractivity contribution in [3.8, 4) is 0 Å². The maximum Gasteiger partial charge on any atom is 0.159 e. The van der Waals surface area contributed by atoms with Gasteiger partial charge in [0.1, 0.15) is 19.2 Å². The minimum atomic E-state index is 0.179. The molecule has 0 rings (SSSR count). The number of ether oxygens (including phenoxy) is 2. The fraction of sp³-hybridized carbons (Fsp3) is 0.643. The second-order valence-corrected chi connectivity index (χ2v) is 5.09. The van der Waals surface area contributed by atoms with Crippen LogP contribution in [-0.2, 0) is 9.47 Å². The highest BCUT2D eigenvalue weighted by atomic mass is 79.9. The number of nitrogens with zero attached hydrogens (tertiary/aromatic N) is 4. The number of alkyl halides is 1. The van der Waals surface area contributed by atoms with E-state index in [0.717, 1.165) is 18.2 Å². The number of unbranched alkanes of at least 4 members (excludes halogenated alkanes) is 1. The Labute approximate surface area is 141 Å². The molecule has 0 aromatic heterocycles. The van der Waals surface area contributed by atoms with Crippen molar-refractivity contribution in [3.05, 3.63) is 11.5 Å². The average Bonchev–Trinajstić information content (AvgIpc) is 2.52. The van der Waals surface area contributed by atoms with Crippen LogP contribution in [0.25, 0.3) is 0 Å². The van der Waals surface area contributed by atoms with E-state index in [1.807, 2.05) is 4.90 Å². The van der Waals surface area contributed by atoms with E-state index in [0.29, 0.717) is 31.4 Å². The van der Waals surface area contributed by atoms with Gasteiger partial charge in [0, 0.05) is 25.6 Å². The largest absolute Gasteiger partial charge is 0.382 e. The average molecular weight is 376 g/mol. The summed E-state index contributed by atoms with van der Waals surface area (Å²) >= 11 is 3.38. The number of aliphatic imine (C=N–C) groups is 3. The summed E-state index contributed by atoms with van der Waals surface area (Å²) in [6, 6.07) is 0. The summed E-state index contributed by atoms with van der Waals surface area (Å²) in [6.07, 6.45) is 2.06. The Bertz CT molecular complexity index is 393. The van der Waals surface area contributed by atoms with Crippen molar-refractivity contribution in [1.82, 2.24) is 4.90 Å². The summed E-state index contributed by atoms with van der Waals surface area (Å²) in [4.78, 5) is 13.9. The van der Waals surface area contributed by atoms with Gasteiger partial charge in [-0.05, 0) is 19.9 Å². The molecule has 0 saturated carbocycles. The number of amidine groups is 1. The van der Waals surface area contributed by atoms with Crippen LogP contribution in [0.5, 0.6) is 0 Å². The molecule has 0 amide bonds. The third-order valence-corrected chi connectivity index (χ3v) is 3.02. The van der Waals surface area contributed by atoms with E-state index in [4.69, 9.17) is 15.2 Å². The Kier molecular flexibility index (Phi) is 12.7. The lowest BCUT2D eigenvalue weighted by Gasteiger charge is -2.24. The molecule has 0 aliphatic rings. The zero-order chi connectivity index (χ0) is 16.8. The van der Waals surface area contributed by atoms with Crippen molar-refractivity contribution in [2.75, 3.05) is 39.1 Å². The maximum absolute atomic E-state index is 5.96. The standard InChI is InChI=1S/C14H26BrN5O2/c1-5-6-9-22-10-19-13(16)12(17-2)14(18-3)20(8-7-15)11-21-4/h2-3,5-11H2,1,4H3,(H2,16,19)/b14-12-. The number of hydrogen-bond donors (Lipinski definition) is 1. The van der Waals surface area contributed by atoms with Crippen molar-refractivity contribution < 1.29 is 9.47 Å². The molecule has 0 saturated heterocycles. The first-order chi connectivity index (χ1) is 10.7. The van der Waals surface area contributed by atoms with Gasteiger partial charge in [-0.2, -0.15) is 0 Å². The van der Waals surface area contributed by atoms with Crippen molar-refractivity contribution in [1.29, 1.82) is 0 Å². The third-order valence-electron chi connectivity index (χ3n) is 2.67. The van der Waals surface area contributed by atoms with Crippen molar-refractivity contribution in [3.63, 3.8) is 0 Å². The molecule has 0 radical (unpaired) electrons. The Morgan fingerprint density at radius 1 is 1.32 bits per heavy atom. The molecule has 2 N–H and O–H groups in total. The van der Waals surface area contributed by atoms with Gasteiger partial charge in [-0.15, -0.1) is 0 Å². The number of hydrogen-bond acceptors (Lipinski definition) is 6. The SMILES string of the molecule is C=NC(=C(/N=C)N(CCBr)COC)/C(N)=N\COCCCC. The highest BCUT2D eigenvalue weighted by molar-refractivity contribution is 9.09. The lowest BCUT2D eigenvalue weighted by atomic mass is 10.3. The topological polar surface area (TPSA) is 84.8 Å². The number of halogens is 1. The van der Waals surface area contributed by atoms with Gasteiger partial charge in [-0.1, -0.05) is 29.3 Å². The molecule has 0 bridgehead atoms. The predicted octanol–water partition coefficient (Wildman–Crippen LogP) is 1.99. The van der Waals surface area contributed by atoms with Crippen LogP contribution < -0.4 is 5.73 Å². The van der Waals surface area contributed by atoms with Crippen LogP contribution in [0.2, 0.25) is 0 Å². The van der Waals surface area contributed by atoms with Gasteiger partial charge >= 0.3 is 0 Å². The highest BCUT2D eigenvalue weighted by Crippen LogP contribution is 2.14. The van der Waals surface area contributed by atoms with Gasteiger partial charge in [0.2, 0.25) is 0 Å². The predicted molar refractivity (Wildman–Crippen MR) is 95.8 cm³/mol. The van der Waals surface area contributed by atoms with Crippen molar-refractivity contribution in [2.24, 2.45) is 20.7 Å². The summed E-state index contributed by atoms with van der Waals surface area (Å²) in [5, 5.41) is 0.733. The van der Waals surface area contributed by atoms with Gasteiger partial charge < -0.3 is 20.1 Å². The van der Waals surface area contributed by atoms with Gasteiger partial charge in [0.15, 0.2) is 11.7 Å². The Morgan fingerprint density at radius 3 is 2.55 bits per heavy atom. The maximum atomic E-state index is 5.96. The highest BCUT2D eigenvalue weighted by Gasteiger charge is 2.15. The number of methoxy groups -OCH3 is 1. The van der Waals surface area contributed by atoms with Gasteiger partial charge in [-0.25, -0.2) is 9.98 Å². The molecular weight excluding hydrogens is 350 g/mol. The zero-order valence-electron chi connectivity index (χ0n) is 13.4. The molecule has 0 heterocycles. The summed E-state index contributed by atoms with van der Waals surface area (Å²) in [5.74, 6) is 0.690. The first-order valence-corrected chi connectivity index (χ1v) is 8.13. The second-order valence-electron chi connectivity index (χ2n) is 4.29. The van der Waals surface area contributed by atoms with Crippen molar-refractivity contribution >= 4 is 35.2 Å². The number of nitrogens with two attached hydrogens (primary N) is 1. The van der Waals surface area contributed by atoms with E-state index < -0.39 is 0 Å². The Morgan fingerprint density at radius 2 is 2.05 bits per heavy atom. The molecule has 0 atom stereocenters. The van der Waals surface area contributed by atoms with Crippen LogP contribution in [-0.4, -0.2) is 63.2 Å². The third kappa shape index (κ3) is 7.67. The van der Waals surface area contributed by atoms with Crippen LogP contribution in [0.4, 0.5) is 0 Å². The summed E-state index contributed by atoms with van der Waals surface area (Å²) in [7, 11) is 1.60. The Balaban J connectivity index is 5.12. The first-order valence-electron chi connectivity index (χ1n) is 7.01. The molecule has 0 unspecified atom stereocenters. The molecule has 8 heteroatoms. The Hall–Kier alpha value is -1.25. The van der Waals surface area contributed by atoms with E-state index in [1.54, 1.807) is 7.11 Å². The summed E-state index contributed by atoms with van der Waals surface area (Å²) in [5.41, 5.74) is 6.33. The van der Waals surface area contributed by atoms with E-state index in [2.05, 4.69) is 51.3 Å². The monoisotopic (exact) mass is 375 g/mol. The first kappa shape index (κ1) is 20.8. The summed E-state index contributed by atoms with van der Waals surface area (Å²) < 4.78 is 10.5. The zero-order valence-corrected chi connectivity index (χ0v) is 15.0. The summed E-state index contributed by atoms with van der Waals surface area (Å²) in [6.45, 7) is 11.0. The lowest BCUT2D eigenvalue weighted by molar-refractivity contribution is 0.0902. The van der Waals surface area contributed by atoms with Gasteiger partial charge in [0.05, 0.1) is 0 Å². The molecule has 0 aliphatic heterocycles. The molecule has 0 aromatic rings. The molecule has 0 aromatic carbocycles. The molecular formula is C14H26BrN5O2. The smallest absolute Gasteiger partial charge is 0.159 e. The van der Waals surface area contributed by atoms with Gasteiger partial charge in [-0.3, -0.25) is 4.99 Å². The fourth-order valence-corrected chi connectivity index (χ4v) is 2.01. The second kappa shape index (κ2) is 13.4. The fourth-order valence-electron chi connectivity index (χ4n) is 1.58. The molecule has 0 fully saturated rings. The molecule has 0 aliphatic carbocycles. The van der Waals surface area contributed by atoms with Crippen LogP contribution in [0.3, 0.4) is 0 Å². The molecule has 22 heavy (non-hydrogen) atoms. The molecule has 0 spiro atoms. The number of rotatable bonds is 13. The minimum absolute atomic E-state index is 0.179. The van der Waals surface area contributed by atoms with E-state index in [9.17, 15) is 0 Å². The van der Waals surface area contributed by atoms with E-state index in [1.165, 1.54) is 0 Å². The normalized spacial score (nSPS) is 12.8. The quantitative estimate of drug-likeness (QED) is 0.175. The lowest BCUT2D eigenvalue weighted by Crippen LogP contribution is -2.30. The van der Waals surface area contributed by atoms with Crippen LogP contribution in [0.15, 0.2) is 26.5 Å². The van der Waals surface area contributed by atoms with Gasteiger partial charge in [0.25, 0.3) is 0 Å². The van der Waals surface area contributed by atoms with Crippen molar-refractivity contribution in [2.45, 2.75) is 19.8 Å². The van der Waals surface area contributed by atoms with E-state index in [-0.39, 0.29) is 12.6 Å². The van der Waals surface area contributed by atoms with Crippen LogP contribution in [0.1, 0.15) is 19.8 Å². The van der Waals surface area contributed by atoms with Crippen LogP contribution >= 0.6 is 15.9 Å². The molecule has 126 valence electrons. The van der Waals surface area contributed by atoms with E-state index >= 15 is 0 Å². The molecule has 7 nitrogen and oxygen atoms in total.